The topological polar surface area (TPSA) is 34.9 Å². The predicted molar refractivity (Wildman–Crippen MR) is 57.0 cm³/mol. The molecule has 0 radical (unpaired) electrons. The molecule has 0 N–H and O–H groups in total. The number of fused-ring (bicyclic) bond motifs is 1. The molecule has 1 aromatic carbocycles. The van der Waals surface area contributed by atoms with Gasteiger partial charge in [-0.05, 0) is 23.7 Å². The van der Waals surface area contributed by atoms with Crippen molar-refractivity contribution in [2.75, 3.05) is 0 Å². The van der Waals surface area contributed by atoms with Gasteiger partial charge in [0.05, 0.1) is 10.4 Å². The lowest BCUT2D eigenvalue weighted by molar-refractivity contribution is 0.635. The molecule has 0 bridgehead atoms. The molecule has 1 aromatic heterocycles. The SMILES string of the molecule is Cn1c(Cl)nc2c(F)ccc(Cl)c2c1=O. The maximum Gasteiger partial charge on any atom is 0.263 e. The number of nitrogens with zero attached hydrogens (tertiary/aromatic N) is 2. The van der Waals surface area contributed by atoms with Gasteiger partial charge in [-0.25, -0.2) is 9.37 Å². The molecule has 0 aliphatic carbocycles. The van der Waals surface area contributed by atoms with E-state index in [0.29, 0.717) is 0 Å². The van der Waals surface area contributed by atoms with E-state index in [1.165, 1.54) is 13.1 Å². The summed E-state index contributed by atoms with van der Waals surface area (Å²) in [5, 5.41) is 0.133. The number of hydrogen-bond acceptors (Lipinski definition) is 2. The predicted octanol–water partition coefficient (Wildman–Crippen LogP) is 2.38. The van der Waals surface area contributed by atoms with E-state index in [9.17, 15) is 9.18 Å². The van der Waals surface area contributed by atoms with Gasteiger partial charge < -0.3 is 0 Å². The van der Waals surface area contributed by atoms with Gasteiger partial charge in [-0.3, -0.25) is 9.36 Å². The molecule has 0 saturated heterocycles. The molecule has 78 valence electrons. The standard InChI is InChI=1S/C9H5Cl2FN2O/c1-14-8(15)6-4(10)2-3-5(12)7(6)13-9(14)11/h2-3H,1H3. The first-order valence-electron chi connectivity index (χ1n) is 4.02. The van der Waals surface area contributed by atoms with Crippen LogP contribution in [0.2, 0.25) is 10.3 Å². The van der Waals surface area contributed by atoms with Crippen LogP contribution in [-0.4, -0.2) is 9.55 Å². The molecule has 0 atom stereocenters. The zero-order chi connectivity index (χ0) is 11.2. The lowest BCUT2D eigenvalue weighted by Crippen LogP contribution is -2.19. The van der Waals surface area contributed by atoms with Gasteiger partial charge >= 0.3 is 0 Å². The molecule has 0 fully saturated rings. The van der Waals surface area contributed by atoms with Crippen molar-refractivity contribution in [3.63, 3.8) is 0 Å². The molecule has 15 heavy (non-hydrogen) atoms. The van der Waals surface area contributed by atoms with Gasteiger partial charge in [-0.2, -0.15) is 0 Å². The van der Waals surface area contributed by atoms with Crippen LogP contribution in [0, 0.1) is 5.82 Å². The number of aromatic nitrogens is 2. The summed E-state index contributed by atoms with van der Waals surface area (Å²) in [6.45, 7) is 0. The van der Waals surface area contributed by atoms with E-state index < -0.39 is 11.4 Å². The molecular weight excluding hydrogens is 242 g/mol. The summed E-state index contributed by atoms with van der Waals surface area (Å²) in [7, 11) is 1.44. The van der Waals surface area contributed by atoms with E-state index in [2.05, 4.69) is 4.98 Å². The van der Waals surface area contributed by atoms with Crippen LogP contribution in [0.4, 0.5) is 4.39 Å². The summed E-state index contributed by atoms with van der Waals surface area (Å²) in [6, 6.07) is 2.46. The summed E-state index contributed by atoms with van der Waals surface area (Å²) >= 11 is 11.5. The Kier molecular flexibility index (Phi) is 2.40. The van der Waals surface area contributed by atoms with Crippen molar-refractivity contribution in [1.82, 2.24) is 9.55 Å². The third-order valence-electron chi connectivity index (χ3n) is 2.08. The van der Waals surface area contributed by atoms with Crippen molar-refractivity contribution in [1.29, 1.82) is 0 Å². The zero-order valence-corrected chi connectivity index (χ0v) is 9.10. The van der Waals surface area contributed by atoms with Crippen molar-refractivity contribution in [3.8, 4) is 0 Å². The van der Waals surface area contributed by atoms with Gasteiger partial charge in [0.2, 0.25) is 5.28 Å². The summed E-state index contributed by atoms with van der Waals surface area (Å²) in [6.07, 6.45) is 0. The first-order valence-corrected chi connectivity index (χ1v) is 4.78. The van der Waals surface area contributed by atoms with Gasteiger partial charge in [-0.15, -0.1) is 0 Å². The van der Waals surface area contributed by atoms with E-state index in [4.69, 9.17) is 23.2 Å². The largest absolute Gasteiger partial charge is 0.286 e. The molecule has 0 aliphatic rings. The van der Waals surface area contributed by atoms with Crippen molar-refractivity contribution in [2.24, 2.45) is 7.05 Å². The quantitative estimate of drug-likeness (QED) is 0.670. The fourth-order valence-corrected chi connectivity index (χ4v) is 1.67. The molecule has 1 heterocycles. The second kappa shape index (κ2) is 3.47. The maximum absolute atomic E-state index is 13.3. The van der Waals surface area contributed by atoms with Crippen LogP contribution < -0.4 is 5.56 Å². The minimum absolute atomic E-state index is 0.0450. The van der Waals surface area contributed by atoms with Crippen LogP contribution in [0.15, 0.2) is 16.9 Å². The van der Waals surface area contributed by atoms with Gasteiger partial charge in [0.15, 0.2) is 0 Å². The highest BCUT2D eigenvalue weighted by Crippen LogP contribution is 2.22. The molecule has 2 rings (SSSR count). The second-order valence-corrected chi connectivity index (χ2v) is 3.74. The summed E-state index contributed by atoms with van der Waals surface area (Å²) in [5.74, 6) is -0.617. The van der Waals surface area contributed by atoms with Crippen LogP contribution in [0.25, 0.3) is 10.9 Å². The van der Waals surface area contributed by atoms with Crippen LogP contribution in [0.5, 0.6) is 0 Å². The van der Waals surface area contributed by atoms with E-state index in [1.54, 1.807) is 0 Å². The number of rotatable bonds is 0. The Bertz CT molecular complexity index is 609. The summed E-state index contributed by atoms with van der Waals surface area (Å²) in [5.41, 5.74) is -0.565. The monoisotopic (exact) mass is 246 g/mol. The highest BCUT2D eigenvalue weighted by Gasteiger charge is 2.13. The zero-order valence-electron chi connectivity index (χ0n) is 7.59. The Morgan fingerprint density at radius 3 is 2.73 bits per heavy atom. The number of benzene rings is 1. The Morgan fingerprint density at radius 1 is 1.40 bits per heavy atom. The van der Waals surface area contributed by atoms with Crippen molar-refractivity contribution in [2.45, 2.75) is 0 Å². The summed E-state index contributed by atoms with van der Waals surface area (Å²) in [4.78, 5) is 15.5. The molecule has 0 amide bonds. The Morgan fingerprint density at radius 2 is 2.07 bits per heavy atom. The van der Waals surface area contributed by atoms with Gasteiger partial charge in [0, 0.05) is 7.05 Å². The van der Waals surface area contributed by atoms with Gasteiger partial charge in [0.25, 0.3) is 5.56 Å². The van der Waals surface area contributed by atoms with Crippen LogP contribution in [0.1, 0.15) is 0 Å². The second-order valence-electron chi connectivity index (χ2n) is 3.00. The summed E-state index contributed by atoms with van der Waals surface area (Å²) < 4.78 is 14.4. The molecule has 0 unspecified atom stereocenters. The minimum atomic E-state index is -0.617. The van der Waals surface area contributed by atoms with Crippen molar-refractivity contribution >= 4 is 34.1 Å². The molecule has 0 saturated carbocycles. The van der Waals surface area contributed by atoms with Crippen LogP contribution in [-0.2, 0) is 7.05 Å². The highest BCUT2D eigenvalue weighted by atomic mass is 35.5. The maximum atomic E-state index is 13.3. The van der Waals surface area contributed by atoms with Gasteiger partial charge in [0.1, 0.15) is 11.3 Å². The molecule has 2 aromatic rings. The van der Waals surface area contributed by atoms with E-state index in [-0.39, 0.29) is 21.2 Å². The van der Waals surface area contributed by atoms with E-state index in [0.717, 1.165) is 10.6 Å². The lowest BCUT2D eigenvalue weighted by Gasteiger charge is -2.05. The fraction of sp³-hybridized carbons (Fsp3) is 0.111. The lowest BCUT2D eigenvalue weighted by atomic mass is 10.2. The normalized spacial score (nSPS) is 10.9. The number of halogens is 3. The van der Waals surface area contributed by atoms with E-state index >= 15 is 0 Å². The van der Waals surface area contributed by atoms with Crippen molar-refractivity contribution < 1.29 is 4.39 Å². The van der Waals surface area contributed by atoms with Gasteiger partial charge in [-0.1, -0.05) is 11.6 Å². The Hall–Kier alpha value is -1.13. The Labute approximate surface area is 94.1 Å². The van der Waals surface area contributed by atoms with E-state index in [1.807, 2.05) is 0 Å². The average Bonchev–Trinajstić information content (AvgIpc) is 2.20. The number of hydrogen-bond donors (Lipinski definition) is 0. The molecule has 6 heteroatoms. The smallest absolute Gasteiger partial charge is 0.263 e. The molecule has 0 aliphatic heterocycles. The Balaban J connectivity index is 3.12. The minimum Gasteiger partial charge on any atom is -0.286 e. The average molecular weight is 247 g/mol. The van der Waals surface area contributed by atoms with Crippen LogP contribution >= 0.6 is 23.2 Å². The first-order chi connectivity index (χ1) is 7.02. The fourth-order valence-electron chi connectivity index (χ4n) is 1.27. The third kappa shape index (κ3) is 1.50. The highest BCUT2D eigenvalue weighted by molar-refractivity contribution is 6.35. The van der Waals surface area contributed by atoms with Crippen molar-refractivity contribution in [3.05, 3.63) is 38.6 Å². The molecule has 0 spiro atoms. The third-order valence-corrected chi connectivity index (χ3v) is 2.73. The molecular formula is C9H5Cl2FN2O. The molecule has 3 nitrogen and oxygen atoms in total. The first kappa shape index (κ1) is 10.4. The van der Waals surface area contributed by atoms with Crippen LogP contribution in [0.3, 0.4) is 0 Å².